The van der Waals surface area contributed by atoms with Gasteiger partial charge in [0.15, 0.2) is 0 Å². The van der Waals surface area contributed by atoms with Crippen molar-refractivity contribution in [2.75, 3.05) is 6.61 Å². The Bertz CT molecular complexity index is 485. The van der Waals surface area contributed by atoms with Gasteiger partial charge >= 0.3 is 0 Å². The highest BCUT2D eigenvalue weighted by Gasteiger charge is 2.42. The van der Waals surface area contributed by atoms with Crippen LogP contribution in [0.2, 0.25) is 0 Å². The largest absolute Gasteiger partial charge is 0.375 e. The molecule has 0 aromatic carbocycles. The van der Waals surface area contributed by atoms with Crippen molar-refractivity contribution in [2.24, 2.45) is 11.8 Å². The summed E-state index contributed by atoms with van der Waals surface area (Å²) in [6.07, 6.45) is 11.4. The van der Waals surface area contributed by atoms with Crippen molar-refractivity contribution in [3.8, 4) is 0 Å². The molecule has 1 spiro atoms. The number of hydrazine groups is 1. The lowest BCUT2D eigenvalue weighted by molar-refractivity contribution is -0.0980. The second-order valence-electron chi connectivity index (χ2n) is 7.09. The highest BCUT2D eigenvalue weighted by Crippen LogP contribution is 2.46. The lowest BCUT2D eigenvalue weighted by Crippen LogP contribution is -2.43. The van der Waals surface area contributed by atoms with Gasteiger partial charge in [-0.15, -0.1) is 11.3 Å². The zero-order valence-electron chi connectivity index (χ0n) is 12.7. The third-order valence-electron chi connectivity index (χ3n) is 5.77. The number of nitrogens with one attached hydrogen (secondary N) is 1. The van der Waals surface area contributed by atoms with Gasteiger partial charge < -0.3 is 4.74 Å². The maximum atomic E-state index is 6.18. The molecule has 2 unspecified atom stereocenters. The van der Waals surface area contributed by atoms with Crippen molar-refractivity contribution < 1.29 is 4.74 Å². The Hall–Kier alpha value is -0.420. The van der Waals surface area contributed by atoms with Crippen molar-refractivity contribution in [1.29, 1.82) is 0 Å². The van der Waals surface area contributed by atoms with Crippen molar-refractivity contribution >= 4 is 11.3 Å². The fourth-order valence-electron chi connectivity index (χ4n) is 4.67. The van der Waals surface area contributed by atoms with Crippen LogP contribution in [0.3, 0.4) is 0 Å². The summed E-state index contributed by atoms with van der Waals surface area (Å²) in [5.74, 6) is 6.58. The monoisotopic (exact) mass is 306 g/mol. The third-order valence-corrected chi connectivity index (χ3v) is 7.09. The minimum Gasteiger partial charge on any atom is -0.375 e. The first-order valence-corrected chi connectivity index (χ1v) is 9.33. The fourth-order valence-corrected chi connectivity index (χ4v) is 6.09. The first-order valence-electron chi connectivity index (χ1n) is 8.51. The van der Waals surface area contributed by atoms with Crippen LogP contribution in [0.5, 0.6) is 0 Å². The van der Waals surface area contributed by atoms with Gasteiger partial charge in [-0.05, 0) is 62.5 Å². The Labute approximate surface area is 131 Å². The molecule has 4 rings (SSSR count). The molecule has 4 heteroatoms. The molecule has 2 atom stereocenters. The Kier molecular flexibility index (Phi) is 3.82. The van der Waals surface area contributed by atoms with E-state index in [4.69, 9.17) is 10.6 Å². The van der Waals surface area contributed by atoms with Crippen LogP contribution in [0.15, 0.2) is 6.07 Å². The number of nitrogens with two attached hydrogens (primary N) is 1. The topological polar surface area (TPSA) is 47.3 Å². The van der Waals surface area contributed by atoms with Crippen LogP contribution < -0.4 is 11.3 Å². The van der Waals surface area contributed by atoms with Crippen LogP contribution in [-0.2, 0) is 17.6 Å². The van der Waals surface area contributed by atoms with Gasteiger partial charge in [0.25, 0.3) is 0 Å². The van der Waals surface area contributed by atoms with Crippen LogP contribution in [0.4, 0.5) is 0 Å². The number of hydrogen-bond acceptors (Lipinski definition) is 4. The summed E-state index contributed by atoms with van der Waals surface area (Å²) in [7, 11) is 0. The van der Waals surface area contributed by atoms with Crippen molar-refractivity contribution in [1.82, 2.24) is 5.43 Å². The van der Waals surface area contributed by atoms with Crippen molar-refractivity contribution in [2.45, 2.75) is 69.4 Å². The number of fused-ring (bicyclic) bond motifs is 1. The molecular formula is C17H26N2OS. The summed E-state index contributed by atoms with van der Waals surface area (Å²) in [4.78, 5) is 3.06. The molecule has 3 nitrogen and oxygen atoms in total. The number of ether oxygens (including phenoxy) is 1. The lowest BCUT2D eigenvalue weighted by atomic mass is 9.80. The third kappa shape index (κ3) is 2.56. The van der Waals surface area contributed by atoms with E-state index in [1.807, 2.05) is 11.3 Å². The zero-order chi connectivity index (χ0) is 14.3. The van der Waals surface area contributed by atoms with Gasteiger partial charge in [0.2, 0.25) is 0 Å². The van der Waals surface area contributed by atoms with Crippen LogP contribution in [0, 0.1) is 5.92 Å². The van der Waals surface area contributed by atoms with Gasteiger partial charge in [-0.3, -0.25) is 11.3 Å². The van der Waals surface area contributed by atoms with Crippen LogP contribution in [-0.4, -0.2) is 12.2 Å². The summed E-state index contributed by atoms with van der Waals surface area (Å²) in [5.41, 5.74) is 4.90. The van der Waals surface area contributed by atoms with E-state index in [1.165, 1.54) is 56.2 Å². The quantitative estimate of drug-likeness (QED) is 0.664. The molecular weight excluding hydrogens is 280 g/mol. The van der Waals surface area contributed by atoms with E-state index < -0.39 is 0 Å². The van der Waals surface area contributed by atoms with E-state index in [-0.39, 0.29) is 5.60 Å². The fraction of sp³-hybridized carbons (Fsp3) is 0.765. The molecule has 3 aliphatic rings. The second kappa shape index (κ2) is 5.65. The Morgan fingerprint density at radius 1 is 1.29 bits per heavy atom. The van der Waals surface area contributed by atoms with Crippen LogP contribution >= 0.6 is 11.3 Å². The SMILES string of the molecule is NNC(c1cc2c(s1)CCC2)C1CCOC2(CCCC2)C1. The summed E-state index contributed by atoms with van der Waals surface area (Å²) < 4.78 is 6.18. The molecule has 0 amide bonds. The van der Waals surface area contributed by atoms with Gasteiger partial charge in [-0.25, -0.2) is 0 Å². The minimum absolute atomic E-state index is 0.179. The standard InChI is InChI=1S/C17H26N2OS/c18-19-16(15-10-12-4-3-5-14(12)21-15)13-6-9-20-17(11-13)7-1-2-8-17/h10,13,16,19H,1-9,11,18H2. The maximum absolute atomic E-state index is 6.18. The highest BCUT2D eigenvalue weighted by molar-refractivity contribution is 7.12. The molecule has 21 heavy (non-hydrogen) atoms. The summed E-state index contributed by atoms with van der Waals surface area (Å²) in [6.45, 7) is 0.911. The minimum atomic E-state index is 0.179. The molecule has 1 aromatic rings. The van der Waals surface area contributed by atoms with Gasteiger partial charge in [-0.2, -0.15) is 0 Å². The number of hydrogen-bond donors (Lipinski definition) is 2. The molecule has 1 aromatic heterocycles. The molecule has 0 radical (unpaired) electrons. The molecule has 116 valence electrons. The predicted octanol–water partition coefficient (Wildman–Crippen LogP) is 3.48. The Morgan fingerprint density at radius 2 is 2.14 bits per heavy atom. The first kappa shape index (κ1) is 14.2. The lowest BCUT2D eigenvalue weighted by Gasteiger charge is -2.41. The van der Waals surface area contributed by atoms with E-state index in [0.29, 0.717) is 12.0 Å². The van der Waals surface area contributed by atoms with E-state index >= 15 is 0 Å². The van der Waals surface area contributed by atoms with Gasteiger partial charge in [0, 0.05) is 16.4 Å². The Balaban J connectivity index is 1.54. The Morgan fingerprint density at radius 3 is 2.90 bits per heavy atom. The van der Waals surface area contributed by atoms with E-state index in [2.05, 4.69) is 11.5 Å². The predicted molar refractivity (Wildman–Crippen MR) is 86.3 cm³/mol. The highest BCUT2D eigenvalue weighted by atomic mass is 32.1. The van der Waals surface area contributed by atoms with Crippen molar-refractivity contribution in [3.05, 3.63) is 21.4 Å². The molecule has 1 aliphatic heterocycles. The second-order valence-corrected chi connectivity index (χ2v) is 8.25. The number of aryl methyl sites for hydroxylation is 2. The molecule has 2 fully saturated rings. The normalized spacial score (nSPS) is 28.9. The van der Waals surface area contributed by atoms with Gasteiger partial charge in [0.1, 0.15) is 0 Å². The van der Waals surface area contributed by atoms with Crippen molar-refractivity contribution in [3.63, 3.8) is 0 Å². The molecule has 2 aliphatic carbocycles. The molecule has 1 saturated heterocycles. The average molecular weight is 306 g/mol. The van der Waals surface area contributed by atoms with Crippen LogP contribution in [0.25, 0.3) is 0 Å². The summed E-state index contributed by atoms with van der Waals surface area (Å²) in [5, 5.41) is 0. The summed E-state index contributed by atoms with van der Waals surface area (Å²) >= 11 is 2.00. The zero-order valence-corrected chi connectivity index (χ0v) is 13.5. The number of thiophene rings is 1. The maximum Gasteiger partial charge on any atom is 0.0686 e. The average Bonchev–Trinajstić information content (AvgIpc) is 3.16. The smallest absolute Gasteiger partial charge is 0.0686 e. The summed E-state index contributed by atoms with van der Waals surface area (Å²) in [6, 6.07) is 2.75. The van der Waals surface area contributed by atoms with E-state index in [1.54, 1.807) is 10.4 Å². The van der Waals surface area contributed by atoms with E-state index in [0.717, 1.165) is 13.0 Å². The van der Waals surface area contributed by atoms with E-state index in [9.17, 15) is 0 Å². The molecule has 3 N–H and O–H groups in total. The number of rotatable bonds is 3. The van der Waals surface area contributed by atoms with Gasteiger partial charge in [0.05, 0.1) is 11.6 Å². The van der Waals surface area contributed by atoms with Gasteiger partial charge in [-0.1, -0.05) is 12.8 Å². The molecule has 2 heterocycles. The van der Waals surface area contributed by atoms with Crippen LogP contribution in [0.1, 0.15) is 66.3 Å². The molecule has 0 bridgehead atoms. The first-order chi connectivity index (χ1) is 10.3. The molecule has 1 saturated carbocycles.